The van der Waals surface area contributed by atoms with Crippen LogP contribution in [0, 0.1) is 0 Å². The lowest BCUT2D eigenvalue weighted by molar-refractivity contribution is -0.118. The number of aromatic carboxylic acids is 1. The van der Waals surface area contributed by atoms with Crippen molar-refractivity contribution in [3.63, 3.8) is 0 Å². The Hall–Kier alpha value is -4.28. The number of rotatable bonds is 11. The number of carbonyl (C=O) groups is 4. The van der Waals surface area contributed by atoms with Gasteiger partial charge in [0.2, 0.25) is 11.8 Å². The molecule has 0 saturated carbocycles. The van der Waals surface area contributed by atoms with Gasteiger partial charge in [0.15, 0.2) is 0 Å². The molecule has 2 heterocycles. The first kappa shape index (κ1) is 27.7. The second kappa shape index (κ2) is 13.0. The van der Waals surface area contributed by atoms with Crippen LogP contribution in [0.1, 0.15) is 46.4 Å². The first-order valence-electron chi connectivity index (χ1n) is 12.1. The van der Waals surface area contributed by atoms with Crippen LogP contribution in [0.4, 0.5) is 10.0 Å². The second-order valence-electron chi connectivity index (χ2n) is 8.54. The molecule has 0 radical (unpaired) electrons. The molecule has 3 N–H and O–H groups in total. The number of unbranched alkanes of at least 4 members (excludes halogenated alkanes) is 1. The fourth-order valence-electron chi connectivity index (χ4n) is 4.03. The summed E-state index contributed by atoms with van der Waals surface area (Å²) in [5.41, 5.74) is 3.20. The third kappa shape index (κ3) is 6.78. The zero-order valence-corrected chi connectivity index (χ0v) is 22.7. The summed E-state index contributed by atoms with van der Waals surface area (Å²) >= 11 is 2.41. The van der Waals surface area contributed by atoms with E-state index in [-0.39, 0.29) is 35.2 Å². The molecule has 200 valence electrons. The molecule has 0 atom stereocenters. The quantitative estimate of drug-likeness (QED) is 0.137. The number of ether oxygens (including phenoxy) is 1. The van der Waals surface area contributed by atoms with Crippen LogP contribution < -0.4 is 10.6 Å². The number of thiophene rings is 2. The number of nitrogens with one attached hydrogen (secondary N) is 2. The summed E-state index contributed by atoms with van der Waals surface area (Å²) in [6, 6.07) is 18.5. The molecule has 0 aliphatic heterocycles. The predicted octanol–water partition coefficient (Wildman–Crippen LogP) is 6.77. The highest BCUT2D eigenvalue weighted by atomic mass is 32.1. The molecule has 0 unspecified atom stereocenters. The monoisotopic (exact) mass is 562 g/mol. The van der Waals surface area contributed by atoms with E-state index in [1.165, 1.54) is 29.8 Å². The Balaban J connectivity index is 1.31. The van der Waals surface area contributed by atoms with Gasteiger partial charge in [-0.2, -0.15) is 0 Å². The molecule has 4 aromatic rings. The maximum absolute atomic E-state index is 12.6. The molecule has 2 aromatic heterocycles. The highest BCUT2D eigenvalue weighted by Gasteiger charge is 2.23. The van der Waals surface area contributed by atoms with Crippen molar-refractivity contribution in [2.75, 3.05) is 17.7 Å². The summed E-state index contributed by atoms with van der Waals surface area (Å²) in [5, 5.41) is 19.4. The van der Waals surface area contributed by atoms with Crippen LogP contribution in [0.3, 0.4) is 0 Å². The summed E-state index contributed by atoms with van der Waals surface area (Å²) in [7, 11) is 1.30. The van der Waals surface area contributed by atoms with Gasteiger partial charge in [-0.3, -0.25) is 9.59 Å². The van der Waals surface area contributed by atoms with Crippen molar-refractivity contribution in [3.8, 4) is 22.3 Å². The molecule has 39 heavy (non-hydrogen) atoms. The van der Waals surface area contributed by atoms with Crippen molar-refractivity contribution in [2.45, 2.75) is 25.7 Å². The molecular weight excluding hydrogens is 536 g/mol. The molecule has 2 amide bonds. The van der Waals surface area contributed by atoms with Crippen molar-refractivity contribution < 1.29 is 29.0 Å². The molecule has 4 rings (SSSR count). The Kier molecular flexibility index (Phi) is 9.24. The molecule has 0 saturated heterocycles. The summed E-state index contributed by atoms with van der Waals surface area (Å²) < 4.78 is 4.94. The van der Waals surface area contributed by atoms with Crippen LogP contribution in [0.2, 0.25) is 0 Å². The largest absolute Gasteiger partial charge is 0.478 e. The average Bonchev–Trinajstić information content (AvgIpc) is 3.56. The summed E-state index contributed by atoms with van der Waals surface area (Å²) in [4.78, 5) is 49.5. The Morgan fingerprint density at radius 1 is 0.718 bits per heavy atom. The number of methoxy groups -OCH3 is 1. The Morgan fingerprint density at radius 2 is 1.15 bits per heavy atom. The minimum absolute atomic E-state index is 0.0613. The molecule has 0 fully saturated rings. The molecule has 10 heteroatoms. The number of carboxylic acid groups (broad SMARTS) is 1. The van der Waals surface area contributed by atoms with Gasteiger partial charge in [-0.15, -0.1) is 22.7 Å². The summed E-state index contributed by atoms with van der Waals surface area (Å²) in [6.07, 6.45) is 1.16. The molecule has 0 aliphatic rings. The highest BCUT2D eigenvalue weighted by Crippen LogP contribution is 2.37. The Bertz CT molecular complexity index is 1480. The lowest BCUT2D eigenvalue weighted by Crippen LogP contribution is -2.15. The van der Waals surface area contributed by atoms with E-state index in [0.717, 1.165) is 11.1 Å². The lowest BCUT2D eigenvalue weighted by Gasteiger charge is -2.08. The lowest BCUT2D eigenvalue weighted by atomic mass is 10.0. The number of benzene rings is 2. The van der Waals surface area contributed by atoms with Crippen molar-refractivity contribution in [3.05, 3.63) is 82.6 Å². The van der Waals surface area contributed by atoms with Gasteiger partial charge in [0, 0.05) is 34.7 Å². The van der Waals surface area contributed by atoms with Crippen molar-refractivity contribution in [1.29, 1.82) is 0 Å². The standard InChI is InChI=1S/C29H26N2O6S2/c1-37-29(36)25-21(19-12-6-3-7-13-19)17-39-27(25)31-23(33)15-9-8-14-22(32)30-26-24(28(34)35)20(16-38-26)18-10-4-2-5-11-18/h2-7,10-13,16-17H,8-9,14-15H2,1H3,(H,30,32)(H,31,33)(H,34,35). The molecular formula is C29H26N2O6S2. The van der Waals surface area contributed by atoms with Crippen LogP contribution in [0.15, 0.2) is 71.4 Å². The van der Waals surface area contributed by atoms with Crippen LogP contribution in [0.25, 0.3) is 22.3 Å². The van der Waals surface area contributed by atoms with E-state index in [1.54, 1.807) is 10.8 Å². The first-order valence-corrected chi connectivity index (χ1v) is 13.9. The Labute approximate surface area is 233 Å². The van der Waals surface area contributed by atoms with Crippen molar-refractivity contribution in [1.82, 2.24) is 0 Å². The fraction of sp³-hybridized carbons (Fsp3) is 0.172. The van der Waals surface area contributed by atoms with Gasteiger partial charge in [0.25, 0.3) is 0 Å². The minimum atomic E-state index is -1.11. The van der Waals surface area contributed by atoms with E-state index >= 15 is 0 Å². The maximum atomic E-state index is 12.6. The van der Waals surface area contributed by atoms with Gasteiger partial charge in [0.05, 0.1) is 7.11 Å². The zero-order valence-electron chi connectivity index (χ0n) is 21.1. The number of hydrogen-bond acceptors (Lipinski definition) is 7. The van der Waals surface area contributed by atoms with Gasteiger partial charge in [-0.1, -0.05) is 60.7 Å². The number of carbonyl (C=O) groups excluding carboxylic acids is 3. The first-order chi connectivity index (χ1) is 18.9. The second-order valence-corrected chi connectivity index (χ2v) is 10.3. The van der Waals surface area contributed by atoms with Crippen LogP contribution in [-0.4, -0.2) is 36.0 Å². The molecule has 2 aromatic carbocycles. The van der Waals surface area contributed by atoms with Crippen LogP contribution in [-0.2, 0) is 14.3 Å². The van der Waals surface area contributed by atoms with E-state index in [1.807, 2.05) is 60.7 Å². The average molecular weight is 563 g/mol. The van der Waals surface area contributed by atoms with E-state index in [0.29, 0.717) is 34.5 Å². The maximum Gasteiger partial charge on any atom is 0.341 e. The van der Waals surface area contributed by atoms with Crippen LogP contribution >= 0.6 is 22.7 Å². The SMILES string of the molecule is COC(=O)c1c(-c2ccccc2)csc1NC(=O)CCCCC(=O)Nc1scc(-c2ccccc2)c1C(=O)O. The van der Waals surface area contributed by atoms with E-state index in [2.05, 4.69) is 10.6 Å². The van der Waals surface area contributed by atoms with Gasteiger partial charge >= 0.3 is 11.9 Å². The zero-order chi connectivity index (χ0) is 27.8. The normalized spacial score (nSPS) is 10.6. The highest BCUT2D eigenvalue weighted by molar-refractivity contribution is 7.15. The number of anilines is 2. The third-order valence-electron chi connectivity index (χ3n) is 5.92. The van der Waals surface area contributed by atoms with Gasteiger partial charge < -0.3 is 20.5 Å². The third-order valence-corrected chi connectivity index (χ3v) is 7.71. The number of esters is 1. The van der Waals surface area contributed by atoms with Gasteiger partial charge in [-0.05, 0) is 24.0 Å². The predicted molar refractivity (Wildman–Crippen MR) is 154 cm³/mol. The number of carboxylic acids is 1. The number of amides is 2. The van der Waals surface area contributed by atoms with Crippen molar-refractivity contribution >= 4 is 56.4 Å². The van der Waals surface area contributed by atoms with Crippen LogP contribution in [0.5, 0.6) is 0 Å². The fourth-order valence-corrected chi connectivity index (χ4v) is 5.98. The van der Waals surface area contributed by atoms with Gasteiger partial charge in [-0.25, -0.2) is 9.59 Å². The van der Waals surface area contributed by atoms with E-state index < -0.39 is 11.9 Å². The topological polar surface area (TPSA) is 122 Å². The smallest absolute Gasteiger partial charge is 0.341 e. The number of hydrogen-bond donors (Lipinski definition) is 3. The minimum Gasteiger partial charge on any atom is -0.478 e. The molecule has 0 bridgehead atoms. The summed E-state index contributed by atoms with van der Waals surface area (Å²) in [5.74, 6) is -2.25. The van der Waals surface area contributed by atoms with Gasteiger partial charge in [0.1, 0.15) is 21.1 Å². The molecule has 8 nitrogen and oxygen atoms in total. The Morgan fingerprint density at radius 3 is 1.59 bits per heavy atom. The molecule has 0 aliphatic carbocycles. The van der Waals surface area contributed by atoms with Crippen molar-refractivity contribution in [2.24, 2.45) is 0 Å². The van der Waals surface area contributed by atoms with E-state index in [4.69, 9.17) is 4.74 Å². The molecule has 0 spiro atoms. The van der Waals surface area contributed by atoms with E-state index in [9.17, 15) is 24.3 Å². The summed E-state index contributed by atoms with van der Waals surface area (Å²) in [6.45, 7) is 0.